The van der Waals surface area contributed by atoms with Gasteiger partial charge in [0.1, 0.15) is 5.82 Å². The Balaban J connectivity index is 2.18. The molecule has 2 aromatic rings. The number of nitrogens with zero attached hydrogens (tertiary/aromatic N) is 2. The van der Waals surface area contributed by atoms with Crippen LogP contribution in [0.25, 0.3) is 11.0 Å². The van der Waals surface area contributed by atoms with Crippen LogP contribution in [-0.2, 0) is 6.54 Å². The van der Waals surface area contributed by atoms with E-state index in [-0.39, 0.29) is 5.38 Å². The Kier molecular flexibility index (Phi) is 6.06. The van der Waals surface area contributed by atoms with Gasteiger partial charge in [-0.25, -0.2) is 4.98 Å². The van der Waals surface area contributed by atoms with Crippen LogP contribution in [0.1, 0.15) is 37.4 Å². The molecule has 1 aromatic carbocycles. The van der Waals surface area contributed by atoms with Crippen LogP contribution in [-0.4, -0.2) is 21.6 Å². The lowest BCUT2D eigenvalue weighted by Gasteiger charge is -2.10. The van der Waals surface area contributed by atoms with Crippen LogP contribution in [0.5, 0.6) is 0 Å². The molecular formula is C15H20Cl2N2S. The molecule has 110 valence electrons. The molecule has 1 heterocycles. The average molecular weight is 331 g/mol. The van der Waals surface area contributed by atoms with E-state index >= 15 is 0 Å². The predicted molar refractivity (Wildman–Crippen MR) is 91.2 cm³/mol. The first-order valence-electron chi connectivity index (χ1n) is 6.92. The minimum Gasteiger partial charge on any atom is -0.327 e. The second-order valence-electron chi connectivity index (χ2n) is 4.92. The van der Waals surface area contributed by atoms with Gasteiger partial charge < -0.3 is 4.57 Å². The number of halogens is 2. The Labute approximate surface area is 134 Å². The number of alkyl halides is 1. The summed E-state index contributed by atoms with van der Waals surface area (Å²) in [5.74, 6) is 2.17. The van der Waals surface area contributed by atoms with Crippen molar-refractivity contribution in [2.45, 2.75) is 38.1 Å². The fourth-order valence-electron chi connectivity index (χ4n) is 2.35. The molecule has 1 unspecified atom stereocenters. The topological polar surface area (TPSA) is 17.8 Å². The fraction of sp³-hybridized carbons (Fsp3) is 0.533. The van der Waals surface area contributed by atoms with Crippen molar-refractivity contribution in [3.05, 3.63) is 29.0 Å². The summed E-state index contributed by atoms with van der Waals surface area (Å²) in [5.41, 5.74) is 2.06. The molecule has 0 aliphatic carbocycles. The Morgan fingerprint density at radius 3 is 2.80 bits per heavy atom. The Bertz CT molecular complexity index is 566. The molecule has 5 heteroatoms. The molecule has 0 bridgehead atoms. The van der Waals surface area contributed by atoms with E-state index in [0.717, 1.165) is 34.8 Å². The molecule has 0 fully saturated rings. The van der Waals surface area contributed by atoms with Gasteiger partial charge in [-0.1, -0.05) is 18.0 Å². The zero-order chi connectivity index (χ0) is 14.5. The second kappa shape index (κ2) is 7.58. The molecule has 0 spiro atoms. The van der Waals surface area contributed by atoms with Crippen LogP contribution in [0.15, 0.2) is 18.2 Å². The number of unbranched alkanes of at least 4 members (excludes halogenated alkanes) is 2. The quantitative estimate of drug-likeness (QED) is 0.491. The highest BCUT2D eigenvalue weighted by Crippen LogP contribution is 2.27. The van der Waals surface area contributed by atoms with Crippen molar-refractivity contribution in [1.82, 2.24) is 9.55 Å². The average Bonchev–Trinajstić information content (AvgIpc) is 2.76. The molecule has 1 aromatic heterocycles. The molecule has 20 heavy (non-hydrogen) atoms. The highest BCUT2D eigenvalue weighted by molar-refractivity contribution is 7.98. The van der Waals surface area contributed by atoms with Crippen molar-refractivity contribution >= 4 is 46.0 Å². The van der Waals surface area contributed by atoms with Gasteiger partial charge in [-0.2, -0.15) is 11.8 Å². The summed E-state index contributed by atoms with van der Waals surface area (Å²) in [6.45, 7) is 2.94. The number of thioether (sulfide) groups is 1. The van der Waals surface area contributed by atoms with E-state index < -0.39 is 0 Å². The van der Waals surface area contributed by atoms with Gasteiger partial charge in [0.25, 0.3) is 0 Å². The van der Waals surface area contributed by atoms with Gasteiger partial charge in [-0.3, -0.25) is 0 Å². The van der Waals surface area contributed by atoms with Gasteiger partial charge in [0.05, 0.1) is 16.4 Å². The van der Waals surface area contributed by atoms with E-state index in [4.69, 9.17) is 23.2 Å². The van der Waals surface area contributed by atoms with Crippen molar-refractivity contribution in [1.29, 1.82) is 0 Å². The van der Waals surface area contributed by atoms with Crippen LogP contribution < -0.4 is 0 Å². The van der Waals surface area contributed by atoms with E-state index in [2.05, 4.69) is 15.8 Å². The van der Waals surface area contributed by atoms with Crippen LogP contribution in [0.2, 0.25) is 5.02 Å². The molecule has 0 amide bonds. The standard InChI is InChI=1S/C15H20Cl2N2S/c1-11(16)15-18-13-10-12(17)6-7-14(13)19(15)8-4-3-5-9-20-2/h6-7,10-11H,3-5,8-9H2,1-2H3. The minimum atomic E-state index is -0.0904. The number of benzene rings is 1. The number of rotatable bonds is 7. The maximum Gasteiger partial charge on any atom is 0.127 e. The summed E-state index contributed by atoms with van der Waals surface area (Å²) in [6.07, 6.45) is 5.82. The van der Waals surface area contributed by atoms with Crippen LogP contribution in [0, 0.1) is 0 Å². The van der Waals surface area contributed by atoms with Crippen molar-refractivity contribution in [2.24, 2.45) is 0 Å². The molecule has 2 rings (SSSR count). The number of hydrogen-bond donors (Lipinski definition) is 0. The molecule has 1 atom stereocenters. The molecule has 0 aliphatic heterocycles. The Morgan fingerprint density at radius 2 is 2.10 bits per heavy atom. The number of aromatic nitrogens is 2. The van der Waals surface area contributed by atoms with Crippen LogP contribution in [0.3, 0.4) is 0 Å². The minimum absolute atomic E-state index is 0.0904. The highest BCUT2D eigenvalue weighted by atomic mass is 35.5. The van der Waals surface area contributed by atoms with E-state index in [1.54, 1.807) is 0 Å². The zero-order valence-corrected chi connectivity index (χ0v) is 14.2. The SMILES string of the molecule is CSCCCCCn1c(C(C)Cl)nc2cc(Cl)ccc21. The highest BCUT2D eigenvalue weighted by Gasteiger charge is 2.14. The summed E-state index contributed by atoms with van der Waals surface area (Å²) in [7, 11) is 0. The maximum absolute atomic E-state index is 6.26. The third-order valence-corrected chi connectivity index (χ3v) is 4.45. The molecule has 0 saturated carbocycles. The molecule has 0 radical (unpaired) electrons. The summed E-state index contributed by atoms with van der Waals surface area (Å²) < 4.78 is 2.24. The van der Waals surface area contributed by atoms with Gasteiger partial charge in [0, 0.05) is 11.6 Å². The van der Waals surface area contributed by atoms with Gasteiger partial charge in [-0.05, 0) is 50.0 Å². The summed E-state index contributed by atoms with van der Waals surface area (Å²) in [4.78, 5) is 4.63. The Hall–Kier alpha value is -0.380. The maximum atomic E-state index is 6.26. The largest absolute Gasteiger partial charge is 0.327 e. The number of imidazole rings is 1. The first-order chi connectivity index (χ1) is 9.63. The fourth-order valence-corrected chi connectivity index (χ4v) is 3.18. The lowest BCUT2D eigenvalue weighted by Crippen LogP contribution is -2.04. The normalized spacial score (nSPS) is 13.0. The zero-order valence-electron chi connectivity index (χ0n) is 11.9. The molecule has 2 nitrogen and oxygen atoms in total. The smallest absolute Gasteiger partial charge is 0.127 e. The third-order valence-electron chi connectivity index (χ3n) is 3.33. The molecular weight excluding hydrogens is 311 g/mol. The summed E-state index contributed by atoms with van der Waals surface area (Å²) in [6, 6.07) is 5.86. The van der Waals surface area contributed by atoms with Crippen LogP contribution in [0.4, 0.5) is 0 Å². The van der Waals surface area contributed by atoms with E-state index in [0.29, 0.717) is 0 Å². The van der Waals surface area contributed by atoms with Crippen molar-refractivity contribution in [2.75, 3.05) is 12.0 Å². The van der Waals surface area contributed by atoms with Gasteiger partial charge in [0.15, 0.2) is 0 Å². The lowest BCUT2D eigenvalue weighted by molar-refractivity contribution is 0.593. The molecule has 0 saturated heterocycles. The second-order valence-corrected chi connectivity index (χ2v) is 7.00. The van der Waals surface area contributed by atoms with Gasteiger partial charge in [0.2, 0.25) is 0 Å². The number of aryl methyl sites for hydroxylation is 1. The van der Waals surface area contributed by atoms with Gasteiger partial charge >= 0.3 is 0 Å². The van der Waals surface area contributed by atoms with Crippen molar-refractivity contribution in [3.63, 3.8) is 0 Å². The predicted octanol–water partition coefficient (Wildman–Crippen LogP) is 5.52. The molecule has 0 aliphatic rings. The van der Waals surface area contributed by atoms with Crippen molar-refractivity contribution in [3.8, 4) is 0 Å². The summed E-state index contributed by atoms with van der Waals surface area (Å²) in [5, 5.41) is 0.628. The Morgan fingerprint density at radius 1 is 1.30 bits per heavy atom. The lowest BCUT2D eigenvalue weighted by atomic mass is 10.2. The van der Waals surface area contributed by atoms with E-state index in [9.17, 15) is 0 Å². The van der Waals surface area contributed by atoms with Crippen LogP contribution >= 0.6 is 35.0 Å². The van der Waals surface area contributed by atoms with Gasteiger partial charge in [-0.15, -0.1) is 11.6 Å². The number of hydrogen-bond acceptors (Lipinski definition) is 2. The first kappa shape index (κ1) is 16.0. The van der Waals surface area contributed by atoms with E-state index in [1.165, 1.54) is 18.6 Å². The van der Waals surface area contributed by atoms with Crippen molar-refractivity contribution < 1.29 is 0 Å². The first-order valence-corrected chi connectivity index (χ1v) is 9.13. The number of fused-ring (bicyclic) bond motifs is 1. The monoisotopic (exact) mass is 330 g/mol. The van der Waals surface area contributed by atoms with E-state index in [1.807, 2.05) is 36.9 Å². The summed E-state index contributed by atoms with van der Waals surface area (Å²) >= 11 is 14.2. The third kappa shape index (κ3) is 3.84. The molecule has 0 N–H and O–H groups in total.